The summed E-state index contributed by atoms with van der Waals surface area (Å²) in [5.74, 6) is -0.632. The lowest BCUT2D eigenvalue weighted by Crippen LogP contribution is -2.16. The molecule has 5 nitrogen and oxygen atoms in total. The highest BCUT2D eigenvalue weighted by Crippen LogP contribution is 2.15. The molecule has 26 heavy (non-hydrogen) atoms. The van der Waals surface area contributed by atoms with Crippen molar-refractivity contribution in [3.05, 3.63) is 82.9 Å². The van der Waals surface area contributed by atoms with E-state index in [0.717, 1.165) is 5.56 Å². The molecule has 2 N–H and O–H groups in total. The number of aromatic nitrogens is 2. The molecule has 6 heteroatoms. The Morgan fingerprint density at radius 1 is 1.04 bits per heavy atom. The molecule has 0 aliphatic carbocycles. The van der Waals surface area contributed by atoms with Crippen LogP contribution in [-0.4, -0.2) is 15.9 Å². The summed E-state index contributed by atoms with van der Waals surface area (Å²) in [5.41, 5.74) is 3.20. The highest BCUT2D eigenvalue weighted by molar-refractivity contribution is 6.03. The number of benzene rings is 2. The van der Waals surface area contributed by atoms with E-state index in [1.54, 1.807) is 25.1 Å². The fourth-order valence-corrected chi connectivity index (χ4v) is 2.40. The van der Waals surface area contributed by atoms with Crippen LogP contribution in [-0.2, 0) is 6.54 Å². The van der Waals surface area contributed by atoms with Gasteiger partial charge in [0.1, 0.15) is 11.5 Å². The molecule has 3 aromatic rings. The minimum Gasteiger partial charge on any atom is -0.350 e. The Labute approximate surface area is 151 Å². The number of amides is 1. The first-order valence-electron chi connectivity index (χ1n) is 8.22. The number of aryl methyl sites for hydroxylation is 2. The zero-order valence-corrected chi connectivity index (χ0v) is 14.6. The first-order chi connectivity index (χ1) is 12.5. The number of rotatable bonds is 5. The summed E-state index contributed by atoms with van der Waals surface area (Å²) >= 11 is 0. The molecular formula is C20H19FN4O. The van der Waals surface area contributed by atoms with Gasteiger partial charge in [-0.3, -0.25) is 4.79 Å². The average molecular weight is 350 g/mol. The highest BCUT2D eigenvalue weighted by Gasteiger charge is 2.12. The van der Waals surface area contributed by atoms with Gasteiger partial charge in [-0.2, -0.15) is 0 Å². The second-order valence-corrected chi connectivity index (χ2v) is 5.99. The van der Waals surface area contributed by atoms with E-state index in [1.165, 1.54) is 17.7 Å². The Morgan fingerprint density at radius 3 is 2.50 bits per heavy atom. The molecule has 1 aromatic heterocycles. The van der Waals surface area contributed by atoms with Gasteiger partial charge in [0, 0.05) is 12.2 Å². The monoisotopic (exact) mass is 350 g/mol. The predicted molar refractivity (Wildman–Crippen MR) is 99.6 cm³/mol. The number of halogens is 1. The standard InChI is InChI=1S/C20H19FN4O/c1-13-7-9-15(10-8-13)12-22-20-23-14(2)11-18(25-20)19(26)24-17-6-4-3-5-16(17)21/h3-11H,12H2,1-2H3,(H,24,26)(H,22,23,25). The van der Waals surface area contributed by atoms with Crippen molar-refractivity contribution in [2.75, 3.05) is 10.6 Å². The fourth-order valence-electron chi connectivity index (χ4n) is 2.40. The molecule has 2 aromatic carbocycles. The van der Waals surface area contributed by atoms with E-state index in [-0.39, 0.29) is 11.4 Å². The van der Waals surface area contributed by atoms with Crippen molar-refractivity contribution in [2.24, 2.45) is 0 Å². The predicted octanol–water partition coefficient (Wildman–Crippen LogP) is 4.10. The molecule has 3 rings (SSSR count). The molecule has 0 bridgehead atoms. The van der Waals surface area contributed by atoms with Crippen molar-refractivity contribution in [3.63, 3.8) is 0 Å². The molecule has 0 saturated carbocycles. The van der Waals surface area contributed by atoms with Crippen LogP contribution >= 0.6 is 0 Å². The maximum absolute atomic E-state index is 13.7. The van der Waals surface area contributed by atoms with Gasteiger partial charge in [-0.25, -0.2) is 14.4 Å². The molecule has 0 unspecified atom stereocenters. The number of carbonyl (C=O) groups excluding carboxylic acids is 1. The number of anilines is 2. The molecule has 132 valence electrons. The molecule has 0 aliphatic heterocycles. The summed E-state index contributed by atoms with van der Waals surface area (Å²) in [6.45, 7) is 4.35. The Morgan fingerprint density at radius 2 is 1.77 bits per heavy atom. The molecule has 0 spiro atoms. The van der Waals surface area contributed by atoms with Crippen molar-refractivity contribution in [1.82, 2.24) is 9.97 Å². The SMILES string of the molecule is Cc1ccc(CNc2nc(C)cc(C(=O)Nc3ccccc3F)n2)cc1. The minimum absolute atomic E-state index is 0.114. The quantitative estimate of drug-likeness (QED) is 0.727. The zero-order valence-electron chi connectivity index (χ0n) is 14.6. The van der Waals surface area contributed by atoms with Gasteiger partial charge in [-0.15, -0.1) is 0 Å². The van der Waals surface area contributed by atoms with Crippen LogP contribution in [0.4, 0.5) is 16.0 Å². The van der Waals surface area contributed by atoms with E-state index in [0.29, 0.717) is 18.2 Å². The van der Waals surface area contributed by atoms with Crippen molar-refractivity contribution >= 4 is 17.5 Å². The van der Waals surface area contributed by atoms with Gasteiger partial charge in [0.2, 0.25) is 5.95 Å². The molecule has 0 aliphatic rings. The second kappa shape index (κ2) is 7.74. The van der Waals surface area contributed by atoms with E-state index in [9.17, 15) is 9.18 Å². The van der Waals surface area contributed by atoms with Crippen molar-refractivity contribution < 1.29 is 9.18 Å². The molecule has 1 amide bonds. The number of hydrogen-bond donors (Lipinski definition) is 2. The third kappa shape index (κ3) is 4.42. The van der Waals surface area contributed by atoms with Gasteiger partial charge in [0.15, 0.2) is 0 Å². The van der Waals surface area contributed by atoms with Crippen molar-refractivity contribution in [3.8, 4) is 0 Å². The van der Waals surface area contributed by atoms with Crippen LogP contribution in [0.25, 0.3) is 0 Å². The third-order valence-corrected chi connectivity index (χ3v) is 3.78. The number of para-hydroxylation sites is 1. The maximum atomic E-state index is 13.7. The molecule has 0 saturated heterocycles. The lowest BCUT2D eigenvalue weighted by atomic mass is 10.1. The summed E-state index contributed by atoms with van der Waals surface area (Å²) in [6.07, 6.45) is 0. The van der Waals surface area contributed by atoms with Crippen molar-refractivity contribution in [2.45, 2.75) is 20.4 Å². The van der Waals surface area contributed by atoms with E-state index in [2.05, 4.69) is 20.6 Å². The molecule has 0 radical (unpaired) electrons. The normalized spacial score (nSPS) is 10.4. The summed E-state index contributed by atoms with van der Waals surface area (Å²) in [4.78, 5) is 20.9. The summed E-state index contributed by atoms with van der Waals surface area (Å²) < 4.78 is 13.7. The van der Waals surface area contributed by atoms with Crippen LogP contribution in [0.2, 0.25) is 0 Å². The Balaban J connectivity index is 1.73. The van der Waals surface area contributed by atoms with E-state index in [4.69, 9.17) is 0 Å². The lowest BCUT2D eigenvalue weighted by Gasteiger charge is -2.09. The second-order valence-electron chi connectivity index (χ2n) is 5.99. The average Bonchev–Trinajstić information content (AvgIpc) is 2.63. The van der Waals surface area contributed by atoms with E-state index in [1.807, 2.05) is 31.2 Å². The number of nitrogens with zero attached hydrogens (tertiary/aromatic N) is 2. The van der Waals surface area contributed by atoms with Gasteiger partial charge in [0.25, 0.3) is 5.91 Å². The fraction of sp³-hybridized carbons (Fsp3) is 0.150. The smallest absolute Gasteiger partial charge is 0.274 e. The summed E-state index contributed by atoms with van der Waals surface area (Å²) in [7, 11) is 0. The lowest BCUT2D eigenvalue weighted by molar-refractivity contribution is 0.102. The van der Waals surface area contributed by atoms with E-state index < -0.39 is 11.7 Å². The first kappa shape index (κ1) is 17.5. The molecule has 0 fully saturated rings. The molecule has 0 atom stereocenters. The largest absolute Gasteiger partial charge is 0.350 e. The van der Waals surface area contributed by atoms with Gasteiger partial charge in [-0.05, 0) is 37.6 Å². The number of hydrogen-bond acceptors (Lipinski definition) is 4. The Hall–Kier alpha value is -3.28. The van der Waals surface area contributed by atoms with Crippen LogP contribution in [0.3, 0.4) is 0 Å². The Kier molecular flexibility index (Phi) is 5.22. The van der Waals surface area contributed by atoms with E-state index >= 15 is 0 Å². The highest BCUT2D eigenvalue weighted by atomic mass is 19.1. The first-order valence-corrected chi connectivity index (χ1v) is 8.22. The number of nitrogens with one attached hydrogen (secondary N) is 2. The van der Waals surface area contributed by atoms with Crippen LogP contribution in [0.5, 0.6) is 0 Å². The number of carbonyl (C=O) groups is 1. The van der Waals surface area contributed by atoms with Gasteiger partial charge in [-0.1, -0.05) is 42.0 Å². The summed E-state index contributed by atoms with van der Waals surface area (Å²) in [6, 6.07) is 15.7. The zero-order chi connectivity index (χ0) is 18.5. The molecule has 1 heterocycles. The maximum Gasteiger partial charge on any atom is 0.274 e. The van der Waals surface area contributed by atoms with Crippen LogP contribution in [0.15, 0.2) is 54.6 Å². The van der Waals surface area contributed by atoms with Crippen LogP contribution < -0.4 is 10.6 Å². The van der Waals surface area contributed by atoms with Crippen molar-refractivity contribution in [1.29, 1.82) is 0 Å². The Bertz CT molecular complexity index is 925. The topological polar surface area (TPSA) is 66.9 Å². The van der Waals surface area contributed by atoms with Crippen LogP contribution in [0.1, 0.15) is 27.3 Å². The molecular weight excluding hydrogens is 331 g/mol. The van der Waals surface area contributed by atoms with Crippen LogP contribution in [0, 0.1) is 19.7 Å². The van der Waals surface area contributed by atoms with Gasteiger partial charge >= 0.3 is 0 Å². The minimum atomic E-state index is -0.496. The third-order valence-electron chi connectivity index (χ3n) is 3.78. The van der Waals surface area contributed by atoms with Gasteiger partial charge < -0.3 is 10.6 Å². The summed E-state index contributed by atoms with van der Waals surface area (Å²) in [5, 5.41) is 5.64. The van der Waals surface area contributed by atoms with Gasteiger partial charge in [0.05, 0.1) is 5.69 Å².